The average Bonchev–Trinajstić information content (AvgIpc) is 3.03. The summed E-state index contributed by atoms with van der Waals surface area (Å²) in [4.78, 5) is 12.7. The van der Waals surface area contributed by atoms with Crippen LogP contribution in [0, 0.1) is 6.92 Å². The van der Waals surface area contributed by atoms with Gasteiger partial charge in [0.25, 0.3) is 0 Å². The summed E-state index contributed by atoms with van der Waals surface area (Å²) in [5, 5.41) is 19.8. The molecule has 26 heavy (non-hydrogen) atoms. The number of Topliss-reactive ketones (excluding diaryl/α,β-unsaturated/α-hetero) is 1. The van der Waals surface area contributed by atoms with E-state index in [0.29, 0.717) is 23.5 Å². The third-order valence-corrected chi connectivity index (χ3v) is 5.15. The van der Waals surface area contributed by atoms with Crippen molar-refractivity contribution in [2.45, 2.75) is 51.4 Å². The fraction of sp³-hybridized carbons (Fsp3) is 0.381. The second-order valence-corrected chi connectivity index (χ2v) is 7.67. The number of hydrogen-bond acceptors (Lipinski definition) is 5. The number of ether oxygens (including phenoxy) is 2. The van der Waals surface area contributed by atoms with Crippen molar-refractivity contribution >= 4 is 5.78 Å². The van der Waals surface area contributed by atoms with Gasteiger partial charge in [-0.05, 0) is 50.1 Å². The third-order valence-electron chi connectivity index (χ3n) is 5.15. The van der Waals surface area contributed by atoms with Crippen molar-refractivity contribution in [3.8, 4) is 17.2 Å². The third kappa shape index (κ3) is 2.72. The summed E-state index contributed by atoms with van der Waals surface area (Å²) in [5.74, 6) is 1.47. The number of hydrogen-bond donors (Lipinski definition) is 2. The van der Waals surface area contributed by atoms with E-state index < -0.39 is 11.7 Å². The van der Waals surface area contributed by atoms with Crippen molar-refractivity contribution in [1.29, 1.82) is 0 Å². The molecule has 0 spiro atoms. The summed E-state index contributed by atoms with van der Waals surface area (Å²) in [6.45, 7) is 5.35. The molecule has 136 valence electrons. The lowest BCUT2D eigenvalue weighted by Gasteiger charge is -2.27. The Kier molecular flexibility index (Phi) is 3.74. The van der Waals surface area contributed by atoms with Crippen LogP contribution in [0.15, 0.2) is 30.3 Å². The molecular formula is C21H22O5. The Morgan fingerprint density at radius 1 is 1.08 bits per heavy atom. The Balaban J connectivity index is 1.75. The molecule has 0 saturated heterocycles. The van der Waals surface area contributed by atoms with Gasteiger partial charge in [0, 0.05) is 12.0 Å². The molecule has 2 aliphatic rings. The molecule has 0 radical (unpaired) electrons. The van der Waals surface area contributed by atoms with Crippen LogP contribution in [0.2, 0.25) is 0 Å². The minimum atomic E-state index is -0.993. The van der Waals surface area contributed by atoms with Gasteiger partial charge < -0.3 is 19.7 Å². The first-order valence-corrected chi connectivity index (χ1v) is 8.78. The number of benzene rings is 2. The van der Waals surface area contributed by atoms with Crippen LogP contribution in [0.3, 0.4) is 0 Å². The number of aliphatic hydroxyl groups is 1. The van der Waals surface area contributed by atoms with Gasteiger partial charge in [-0.3, -0.25) is 4.79 Å². The fourth-order valence-corrected chi connectivity index (χ4v) is 3.64. The molecule has 2 atom stereocenters. The zero-order chi connectivity index (χ0) is 18.6. The van der Waals surface area contributed by atoms with Gasteiger partial charge in [0.2, 0.25) is 0 Å². The molecule has 0 amide bonds. The lowest BCUT2D eigenvalue weighted by atomic mass is 9.90. The Morgan fingerprint density at radius 2 is 1.77 bits per heavy atom. The predicted octanol–water partition coefficient (Wildman–Crippen LogP) is 3.48. The highest BCUT2D eigenvalue weighted by Crippen LogP contribution is 2.47. The molecule has 0 bridgehead atoms. The zero-order valence-electron chi connectivity index (χ0n) is 15.1. The number of aromatic hydroxyl groups is 1. The number of phenolic OH excluding ortho intramolecular Hbond substituents is 1. The summed E-state index contributed by atoms with van der Waals surface area (Å²) in [7, 11) is 0. The van der Waals surface area contributed by atoms with Crippen LogP contribution in [0.1, 0.15) is 53.4 Å². The molecule has 2 N–H and O–H groups in total. The van der Waals surface area contributed by atoms with Crippen LogP contribution in [0.4, 0.5) is 0 Å². The molecule has 4 rings (SSSR count). The van der Waals surface area contributed by atoms with Crippen molar-refractivity contribution in [3.05, 3.63) is 52.6 Å². The van der Waals surface area contributed by atoms with Crippen molar-refractivity contribution in [2.24, 2.45) is 0 Å². The van der Waals surface area contributed by atoms with Gasteiger partial charge in [-0.1, -0.05) is 12.1 Å². The zero-order valence-corrected chi connectivity index (χ0v) is 15.1. The van der Waals surface area contributed by atoms with Crippen LogP contribution in [-0.2, 0) is 6.42 Å². The van der Waals surface area contributed by atoms with Gasteiger partial charge in [-0.25, -0.2) is 0 Å². The van der Waals surface area contributed by atoms with Gasteiger partial charge >= 0.3 is 0 Å². The van der Waals surface area contributed by atoms with Gasteiger partial charge in [0.05, 0.1) is 17.6 Å². The van der Waals surface area contributed by atoms with E-state index >= 15 is 0 Å². The summed E-state index contributed by atoms with van der Waals surface area (Å²) in [6.07, 6.45) is -0.0245. The Labute approximate surface area is 152 Å². The molecule has 5 heteroatoms. The molecule has 2 aromatic carbocycles. The lowest BCUT2D eigenvalue weighted by molar-refractivity contribution is -0.0231. The van der Waals surface area contributed by atoms with Crippen molar-refractivity contribution in [2.75, 3.05) is 0 Å². The number of carbonyl (C=O) groups is 1. The SMILES string of the molecule is Cc1cc2c(c3c1OC(C(C)(C)O)C3)O[C@H](c1ccc(O)cc1)CC2=O. The van der Waals surface area contributed by atoms with Crippen molar-refractivity contribution in [1.82, 2.24) is 0 Å². The number of carbonyl (C=O) groups excluding carboxylic acids is 1. The number of ketones is 1. The maximum atomic E-state index is 12.7. The first-order chi connectivity index (χ1) is 12.2. The largest absolute Gasteiger partial charge is 0.508 e. The maximum Gasteiger partial charge on any atom is 0.170 e. The summed E-state index contributed by atoms with van der Waals surface area (Å²) in [5.41, 5.74) is 2.16. The highest BCUT2D eigenvalue weighted by atomic mass is 16.5. The predicted molar refractivity (Wildman–Crippen MR) is 96.0 cm³/mol. The number of fused-ring (bicyclic) bond motifs is 3. The monoisotopic (exact) mass is 354 g/mol. The average molecular weight is 354 g/mol. The second-order valence-electron chi connectivity index (χ2n) is 7.67. The molecule has 0 aromatic heterocycles. The van der Waals surface area contributed by atoms with Crippen LogP contribution >= 0.6 is 0 Å². The van der Waals surface area contributed by atoms with Crippen molar-refractivity contribution < 1.29 is 24.5 Å². The molecule has 0 fully saturated rings. The molecule has 0 aliphatic carbocycles. The number of rotatable bonds is 2. The van der Waals surface area contributed by atoms with Gasteiger partial charge in [0.15, 0.2) is 5.78 Å². The van der Waals surface area contributed by atoms with E-state index in [4.69, 9.17) is 9.47 Å². The van der Waals surface area contributed by atoms with Crippen molar-refractivity contribution in [3.63, 3.8) is 0 Å². The quantitative estimate of drug-likeness (QED) is 0.863. The van der Waals surface area contributed by atoms with E-state index in [1.165, 1.54) is 0 Å². The highest BCUT2D eigenvalue weighted by molar-refractivity contribution is 6.01. The van der Waals surface area contributed by atoms with Crippen LogP contribution in [-0.4, -0.2) is 27.7 Å². The second kappa shape index (κ2) is 5.74. The Morgan fingerprint density at radius 3 is 2.42 bits per heavy atom. The molecular weight excluding hydrogens is 332 g/mol. The van der Waals surface area contributed by atoms with E-state index in [1.54, 1.807) is 38.1 Å². The molecule has 2 heterocycles. The van der Waals surface area contributed by atoms with Gasteiger partial charge in [0.1, 0.15) is 29.5 Å². The standard InChI is InChI=1S/C21H22O5/c1-11-8-14-16(23)10-17(12-4-6-13(22)7-5-12)25-20(14)15-9-18(21(2,3)24)26-19(11)15/h4-8,17-18,22,24H,9-10H2,1-3H3/t17-,18?/m0/s1. The Hall–Kier alpha value is -2.53. The molecule has 5 nitrogen and oxygen atoms in total. The van der Waals surface area contributed by atoms with Crippen LogP contribution in [0.5, 0.6) is 17.2 Å². The number of aryl methyl sites for hydroxylation is 1. The van der Waals surface area contributed by atoms with Crippen LogP contribution in [0.25, 0.3) is 0 Å². The van der Waals surface area contributed by atoms with Crippen LogP contribution < -0.4 is 9.47 Å². The first kappa shape index (κ1) is 16.9. The minimum Gasteiger partial charge on any atom is -0.508 e. The molecule has 1 unspecified atom stereocenters. The van der Waals surface area contributed by atoms with E-state index in [-0.39, 0.29) is 24.1 Å². The first-order valence-electron chi connectivity index (χ1n) is 8.78. The van der Waals surface area contributed by atoms with E-state index in [1.807, 2.05) is 13.0 Å². The van der Waals surface area contributed by atoms with E-state index in [2.05, 4.69) is 0 Å². The fourth-order valence-electron chi connectivity index (χ4n) is 3.64. The summed E-state index contributed by atoms with van der Waals surface area (Å²) < 4.78 is 12.2. The minimum absolute atomic E-state index is 0.0296. The Bertz CT molecular complexity index is 877. The molecule has 0 saturated carbocycles. The van der Waals surface area contributed by atoms with Gasteiger partial charge in [-0.15, -0.1) is 0 Å². The van der Waals surface area contributed by atoms with E-state index in [0.717, 1.165) is 16.7 Å². The smallest absolute Gasteiger partial charge is 0.170 e. The lowest BCUT2D eigenvalue weighted by Crippen LogP contribution is -2.39. The summed E-state index contributed by atoms with van der Waals surface area (Å²) in [6, 6.07) is 8.53. The molecule has 2 aliphatic heterocycles. The van der Waals surface area contributed by atoms with E-state index in [9.17, 15) is 15.0 Å². The number of phenols is 1. The topological polar surface area (TPSA) is 76.0 Å². The molecule has 2 aromatic rings. The van der Waals surface area contributed by atoms with Gasteiger partial charge in [-0.2, -0.15) is 0 Å². The normalized spacial score (nSPS) is 21.6. The maximum absolute atomic E-state index is 12.7. The highest BCUT2D eigenvalue weighted by Gasteiger charge is 2.40. The summed E-state index contributed by atoms with van der Waals surface area (Å²) >= 11 is 0.